The fraction of sp³-hybridized carbons (Fsp3) is 0.273. The summed E-state index contributed by atoms with van der Waals surface area (Å²) in [7, 11) is 0. The Hall–Kier alpha value is -1.06. The minimum atomic E-state index is -0.409. The Morgan fingerprint density at radius 1 is 1.53 bits per heavy atom. The van der Waals surface area contributed by atoms with Gasteiger partial charge in [0.15, 0.2) is 0 Å². The van der Waals surface area contributed by atoms with Gasteiger partial charge in [0, 0.05) is 23.1 Å². The molecule has 2 nitrogen and oxygen atoms in total. The van der Waals surface area contributed by atoms with Gasteiger partial charge in [-0.15, -0.1) is 0 Å². The SMILES string of the molecule is CCC(N)c1c[nH]c2cc(Cl)c(F)cc12. The van der Waals surface area contributed by atoms with Gasteiger partial charge in [-0.2, -0.15) is 0 Å². The smallest absolute Gasteiger partial charge is 0.142 e. The van der Waals surface area contributed by atoms with Crippen LogP contribution in [0, 0.1) is 5.82 Å². The van der Waals surface area contributed by atoms with E-state index in [1.807, 2.05) is 13.1 Å². The van der Waals surface area contributed by atoms with Crippen molar-refractivity contribution >= 4 is 22.5 Å². The molecule has 0 aliphatic rings. The molecular formula is C11H12ClFN2. The lowest BCUT2D eigenvalue weighted by atomic mass is 10.0. The van der Waals surface area contributed by atoms with Crippen molar-refractivity contribution in [1.29, 1.82) is 0 Å². The summed E-state index contributed by atoms with van der Waals surface area (Å²) in [6.45, 7) is 2.00. The van der Waals surface area contributed by atoms with Crippen molar-refractivity contribution in [3.63, 3.8) is 0 Å². The second-order valence-electron chi connectivity index (χ2n) is 3.57. The summed E-state index contributed by atoms with van der Waals surface area (Å²) in [4.78, 5) is 3.04. The van der Waals surface area contributed by atoms with E-state index in [4.69, 9.17) is 17.3 Å². The van der Waals surface area contributed by atoms with E-state index in [1.165, 1.54) is 6.07 Å². The predicted octanol–water partition coefficient (Wildman–Crippen LogP) is 3.37. The lowest BCUT2D eigenvalue weighted by Gasteiger charge is -2.06. The second kappa shape index (κ2) is 3.83. The number of fused-ring (bicyclic) bond motifs is 1. The number of hydrogen-bond acceptors (Lipinski definition) is 1. The van der Waals surface area contributed by atoms with Crippen LogP contribution in [0.25, 0.3) is 10.9 Å². The third kappa shape index (κ3) is 1.73. The van der Waals surface area contributed by atoms with Crippen molar-refractivity contribution in [2.75, 3.05) is 0 Å². The second-order valence-corrected chi connectivity index (χ2v) is 3.98. The summed E-state index contributed by atoms with van der Waals surface area (Å²) < 4.78 is 13.3. The Morgan fingerprint density at radius 3 is 2.93 bits per heavy atom. The zero-order chi connectivity index (χ0) is 11.0. The Labute approximate surface area is 92.2 Å². The lowest BCUT2D eigenvalue weighted by molar-refractivity contribution is 0.629. The molecule has 0 radical (unpaired) electrons. The molecule has 3 N–H and O–H groups in total. The van der Waals surface area contributed by atoms with Crippen LogP contribution in [0.1, 0.15) is 24.9 Å². The Kier molecular flexibility index (Phi) is 2.67. The predicted molar refractivity (Wildman–Crippen MR) is 60.5 cm³/mol. The van der Waals surface area contributed by atoms with Crippen molar-refractivity contribution in [3.8, 4) is 0 Å². The Morgan fingerprint density at radius 2 is 2.27 bits per heavy atom. The molecule has 4 heteroatoms. The van der Waals surface area contributed by atoms with Crippen LogP contribution in [0.2, 0.25) is 5.02 Å². The van der Waals surface area contributed by atoms with Crippen molar-refractivity contribution in [3.05, 3.63) is 34.7 Å². The quantitative estimate of drug-likeness (QED) is 0.810. The monoisotopic (exact) mass is 226 g/mol. The highest BCUT2D eigenvalue weighted by Gasteiger charge is 2.12. The number of hydrogen-bond donors (Lipinski definition) is 2. The van der Waals surface area contributed by atoms with Gasteiger partial charge in [-0.25, -0.2) is 4.39 Å². The molecule has 80 valence electrons. The van der Waals surface area contributed by atoms with E-state index in [0.29, 0.717) is 0 Å². The zero-order valence-electron chi connectivity index (χ0n) is 8.35. The number of nitrogens with two attached hydrogens (primary N) is 1. The van der Waals surface area contributed by atoms with E-state index in [-0.39, 0.29) is 11.1 Å². The third-order valence-corrected chi connectivity index (χ3v) is 2.88. The van der Waals surface area contributed by atoms with E-state index in [0.717, 1.165) is 22.9 Å². The fourth-order valence-electron chi connectivity index (χ4n) is 1.67. The van der Waals surface area contributed by atoms with Gasteiger partial charge in [-0.1, -0.05) is 18.5 Å². The van der Waals surface area contributed by atoms with Crippen LogP contribution < -0.4 is 5.73 Å². The molecule has 0 amide bonds. The maximum Gasteiger partial charge on any atom is 0.142 e. The lowest BCUT2D eigenvalue weighted by Crippen LogP contribution is -2.07. The summed E-state index contributed by atoms with van der Waals surface area (Å²) in [6.07, 6.45) is 2.63. The van der Waals surface area contributed by atoms with Gasteiger partial charge in [-0.05, 0) is 24.1 Å². The maximum atomic E-state index is 13.3. The van der Waals surface area contributed by atoms with Crippen LogP contribution in [0.5, 0.6) is 0 Å². The topological polar surface area (TPSA) is 41.8 Å². The summed E-state index contributed by atoms with van der Waals surface area (Å²) in [5, 5.41) is 0.937. The number of aromatic nitrogens is 1. The van der Waals surface area contributed by atoms with Crippen LogP contribution in [-0.2, 0) is 0 Å². The molecule has 1 aromatic heterocycles. The maximum absolute atomic E-state index is 13.3. The molecule has 0 aliphatic carbocycles. The molecule has 2 aromatic rings. The molecular weight excluding hydrogens is 215 g/mol. The largest absolute Gasteiger partial charge is 0.361 e. The van der Waals surface area contributed by atoms with Gasteiger partial charge in [0.25, 0.3) is 0 Å². The van der Waals surface area contributed by atoms with Crippen molar-refractivity contribution in [1.82, 2.24) is 4.98 Å². The molecule has 0 fully saturated rings. The van der Waals surface area contributed by atoms with E-state index in [2.05, 4.69) is 4.98 Å². The molecule has 1 unspecified atom stereocenters. The first kappa shape index (κ1) is 10.5. The number of halogens is 2. The molecule has 15 heavy (non-hydrogen) atoms. The van der Waals surface area contributed by atoms with Gasteiger partial charge in [-0.3, -0.25) is 0 Å². The van der Waals surface area contributed by atoms with Gasteiger partial charge < -0.3 is 10.7 Å². The zero-order valence-corrected chi connectivity index (χ0v) is 9.11. The highest BCUT2D eigenvalue weighted by Crippen LogP contribution is 2.28. The van der Waals surface area contributed by atoms with Gasteiger partial charge in [0.1, 0.15) is 5.82 Å². The molecule has 0 saturated carbocycles. The summed E-state index contributed by atoms with van der Waals surface area (Å²) in [6, 6.07) is 2.94. The molecule has 1 aromatic carbocycles. The first-order chi connectivity index (χ1) is 7.13. The van der Waals surface area contributed by atoms with Crippen molar-refractivity contribution in [2.24, 2.45) is 5.73 Å². The molecule has 0 aliphatic heterocycles. The number of H-pyrrole nitrogens is 1. The summed E-state index contributed by atoms with van der Waals surface area (Å²) in [5.41, 5.74) is 7.67. The number of nitrogens with one attached hydrogen (secondary N) is 1. The first-order valence-electron chi connectivity index (χ1n) is 4.85. The van der Waals surface area contributed by atoms with Gasteiger partial charge in [0.2, 0.25) is 0 Å². The van der Waals surface area contributed by atoms with Crippen molar-refractivity contribution < 1.29 is 4.39 Å². The Balaban J connectivity index is 2.64. The van der Waals surface area contributed by atoms with Crippen LogP contribution in [0.4, 0.5) is 4.39 Å². The molecule has 0 saturated heterocycles. The summed E-state index contributed by atoms with van der Waals surface area (Å²) >= 11 is 5.68. The highest BCUT2D eigenvalue weighted by molar-refractivity contribution is 6.31. The number of benzene rings is 1. The van der Waals surface area contributed by atoms with E-state index in [1.54, 1.807) is 6.07 Å². The third-order valence-electron chi connectivity index (χ3n) is 2.59. The van der Waals surface area contributed by atoms with Gasteiger partial charge >= 0.3 is 0 Å². The van der Waals surface area contributed by atoms with Crippen LogP contribution in [-0.4, -0.2) is 4.98 Å². The molecule has 1 atom stereocenters. The summed E-state index contributed by atoms with van der Waals surface area (Å²) in [5.74, 6) is -0.409. The van der Waals surface area contributed by atoms with Crippen LogP contribution >= 0.6 is 11.6 Å². The van der Waals surface area contributed by atoms with E-state index in [9.17, 15) is 4.39 Å². The average Bonchev–Trinajstić information content (AvgIpc) is 2.61. The molecule has 2 rings (SSSR count). The number of aromatic amines is 1. The fourth-order valence-corrected chi connectivity index (χ4v) is 1.83. The molecule has 0 spiro atoms. The van der Waals surface area contributed by atoms with Crippen LogP contribution in [0.15, 0.2) is 18.3 Å². The average molecular weight is 227 g/mol. The minimum Gasteiger partial charge on any atom is -0.361 e. The van der Waals surface area contributed by atoms with E-state index >= 15 is 0 Å². The number of rotatable bonds is 2. The van der Waals surface area contributed by atoms with E-state index < -0.39 is 5.82 Å². The standard InChI is InChI=1S/C11H12ClFN2/c1-2-10(14)7-5-15-11-4-8(12)9(13)3-6(7)11/h3-5,10,15H,2,14H2,1H3. The molecule has 1 heterocycles. The first-order valence-corrected chi connectivity index (χ1v) is 5.23. The minimum absolute atomic E-state index is 0.0701. The highest BCUT2D eigenvalue weighted by atomic mass is 35.5. The Bertz CT molecular complexity index is 493. The molecule has 0 bridgehead atoms. The van der Waals surface area contributed by atoms with Gasteiger partial charge in [0.05, 0.1) is 5.02 Å². The van der Waals surface area contributed by atoms with Crippen LogP contribution in [0.3, 0.4) is 0 Å². The normalized spacial score (nSPS) is 13.3. The van der Waals surface area contributed by atoms with Crippen molar-refractivity contribution in [2.45, 2.75) is 19.4 Å².